The lowest BCUT2D eigenvalue weighted by Gasteiger charge is -2.37. The topological polar surface area (TPSA) is 66.8 Å². The molecule has 0 saturated heterocycles. The maximum absolute atomic E-state index is 11.6. The van der Waals surface area contributed by atoms with E-state index in [1.54, 1.807) is 0 Å². The Morgan fingerprint density at radius 1 is 1.47 bits per heavy atom. The second-order valence-electron chi connectivity index (χ2n) is 3.56. The predicted octanol–water partition coefficient (Wildman–Crippen LogP) is 1.45. The summed E-state index contributed by atoms with van der Waals surface area (Å²) in [5, 5.41) is 0. The van der Waals surface area contributed by atoms with Gasteiger partial charge in [0.25, 0.3) is 0 Å². The lowest BCUT2D eigenvalue weighted by molar-refractivity contribution is -0.152. The van der Waals surface area contributed by atoms with Crippen LogP contribution < -0.4 is 0 Å². The molecule has 5 nitrogen and oxygen atoms in total. The molecule has 1 N–H and O–H groups in total. The van der Waals surface area contributed by atoms with Gasteiger partial charge in [-0.05, 0) is 24.6 Å². The Morgan fingerprint density at radius 2 is 2.00 bits per heavy atom. The second-order valence-corrected chi connectivity index (χ2v) is 4.92. The molecule has 1 aliphatic carbocycles. The van der Waals surface area contributed by atoms with E-state index in [1.807, 2.05) is 0 Å². The fourth-order valence-corrected chi connectivity index (χ4v) is 2.72. The van der Waals surface area contributed by atoms with Gasteiger partial charge in [0.2, 0.25) is 11.3 Å². The smallest absolute Gasteiger partial charge is 0.328 e. The molecule has 0 aliphatic heterocycles. The normalized spacial score (nSPS) is 22.4. The van der Waals surface area contributed by atoms with Crippen LogP contribution in [0.5, 0.6) is 0 Å². The summed E-state index contributed by atoms with van der Waals surface area (Å²) in [5.74, 6) is -0.542. The van der Waals surface area contributed by atoms with Crippen LogP contribution in [-0.2, 0) is 20.8 Å². The van der Waals surface area contributed by atoms with Crippen molar-refractivity contribution in [3.8, 4) is 0 Å². The minimum atomic E-state index is -2.37. The Morgan fingerprint density at radius 3 is 2.40 bits per heavy atom. The third-order valence-corrected chi connectivity index (χ3v) is 4.02. The molecule has 0 aromatic carbocycles. The minimum absolute atomic E-state index is 0.454. The van der Waals surface area contributed by atoms with Crippen LogP contribution in [0.1, 0.15) is 32.1 Å². The van der Waals surface area contributed by atoms with E-state index in [-0.39, 0.29) is 0 Å². The number of nitrogens with zero attached hydrogens (tertiary/aromatic N) is 1. The number of carbonyl (C=O) groups excluding carboxylic acids is 1. The molecule has 0 radical (unpaired) electrons. The largest absolute Gasteiger partial charge is 0.468 e. The highest BCUT2D eigenvalue weighted by Crippen LogP contribution is 2.36. The first-order chi connectivity index (χ1) is 7.04. The summed E-state index contributed by atoms with van der Waals surface area (Å²) in [6.07, 6.45) is 3.51. The van der Waals surface area contributed by atoms with Crippen molar-refractivity contribution in [2.75, 3.05) is 7.11 Å². The van der Waals surface area contributed by atoms with Crippen LogP contribution in [0, 0.1) is 0 Å². The lowest BCUT2D eigenvalue weighted by Crippen LogP contribution is -2.52. The predicted molar refractivity (Wildman–Crippen MR) is 56.3 cm³/mol. The van der Waals surface area contributed by atoms with Crippen molar-refractivity contribution >= 4 is 29.0 Å². The monoisotopic (exact) mass is 255 g/mol. The average Bonchev–Trinajstić information content (AvgIpc) is 2.27. The zero-order valence-corrected chi connectivity index (χ0v) is 10.0. The van der Waals surface area contributed by atoms with E-state index in [0.717, 1.165) is 19.3 Å². The zero-order valence-electron chi connectivity index (χ0n) is 8.44. The summed E-state index contributed by atoms with van der Waals surface area (Å²) in [6.45, 7) is 0. The summed E-state index contributed by atoms with van der Waals surface area (Å²) >= 11 is 3.34. The number of halogens is 1. The van der Waals surface area contributed by atoms with Crippen LogP contribution in [0.2, 0.25) is 0 Å². The zero-order chi connectivity index (χ0) is 11.5. The van der Waals surface area contributed by atoms with Crippen molar-refractivity contribution < 1.29 is 18.3 Å². The third kappa shape index (κ3) is 2.50. The van der Waals surface area contributed by atoms with Crippen LogP contribution in [0.25, 0.3) is 0 Å². The van der Waals surface area contributed by atoms with Gasteiger partial charge in [-0.25, -0.2) is 9.00 Å². The summed E-state index contributed by atoms with van der Waals surface area (Å²) < 4.78 is 25.2. The second kappa shape index (κ2) is 5.25. The van der Waals surface area contributed by atoms with Gasteiger partial charge in [0, 0.05) is 0 Å². The van der Waals surface area contributed by atoms with Gasteiger partial charge in [0.1, 0.15) is 5.54 Å². The number of hydrogen-bond acceptors (Lipinski definition) is 3. The molecule has 1 rings (SSSR count). The number of esters is 1. The number of ether oxygens (including phenoxy) is 1. The summed E-state index contributed by atoms with van der Waals surface area (Å²) in [5.41, 5.74) is -1.14. The van der Waals surface area contributed by atoms with Crippen molar-refractivity contribution in [2.24, 2.45) is 0 Å². The maximum Gasteiger partial charge on any atom is 0.328 e. The van der Waals surface area contributed by atoms with E-state index in [4.69, 9.17) is 16.3 Å². The number of hydrogen-bond donors (Lipinski definition) is 1. The quantitative estimate of drug-likeness (QED) is 0.471. The molecule has 1 atom stereocenters. The Labute approximate surface area is 96.3 Å². The maximum atomic E-state index is 11.6. The van der Waals surface area contributed by atoms with Gasteiger partial charge in [-0.1, -0.05) is 23.1 Å². The van der Waals surface area contributed by atoms with Gasteiger partial charge in [-0.2, -0.15) is 0 Å². The van der Waals surface area contributed by atoms with Gasteiger partial charge >= 0.3 is 5.97 Å². The molecule has 1 unspecified atom stereocenters. The van der Waals surface area contributed by atoms with Crippen LogP contribution in [0.3, 0.4) is 0 Å². The van der Waals surface area contributed by atoms with E-state index < -0.39 is 22.8 Å². The highest BCUT2D eigenvalue weighted by Gasteiger charge is 2.48. The molecule has 0 aromatic heterocycles. The van der Waals surface area contributed by atoms with Crippen molar-refractivity contribution in [1.82, 2.24) is 3.82 Å². The lowest BCUT2D eigenvalue weighted by atomic mass is 9.82. The molecule has 15 heavy (non-hydrogen) atoms. The molecule has 0 heterocycles. The van der Waals surface area contributed by atoms with Crippen molar-refractivity contribution in [3.63, 3.8) is 0 Å². The molecule has 7 heteroatoms. The fraction of sp³-hybridized carbons (Fsp3) is 0.875. The van der Waals surface area contributed by atoms with Gasteiger partial charge in [-0.15, -0.1) is 0 Å². The third-order valence-electron chi connectivity index (χ3n) is 2.72. The average molecular weight is 256 g/mol. The Bertz CT molecular complexity index is 267. The van der Waals surface area contributed by atoms with Crippen LogP contribution >= 0.6 is 11.8 Å². The molecule has 88 valence electrons. The minimum Gasteiger partial charge on any atom is -0.468 e. The molecule has 1 fully saturated rings. The van der Waals surface area contributed by atoms with E-state index in [2.05, 4.69) is 4.74 Å². The van der Waals surface area contributed by atoms with Gasteiger partial charge < -0.3 is 4.74 Å². The summed E-state index contributed by atoms with van der Waals surface area (Å²) in [4.78, 5) is 11.6. The SMILES string of the molecule is COC(=O)C1(N(Cl)S(=O)O)CCCCC1. The van der Waals surface area contributed by atoms with Crippen molar-refractivity contribution in [1.29, 1.82) is 0 Å². The first-order valence-electron chi connectivity index (χ1n) is 4.70. The first-order valence-corrected chi connectivity index (χ1v) is 6.10. The summed E-state index contributed by atoms with van der Waals surface area (Å²) in [7, 11) is 1.25. The molecule has 1 saturated carbocycles. The number of rotatable bonds is 3. The van der Waals surface area contributed by atoms with Gasteiger partial charge in [0.15, 0.2) is 0 Å². The Hall–Kier alpha value is -0.170. The first kappa shape index (κ1) is 12.9. The van der Waals surface area contributed by atoms with Crippen LogP contribution in [0.15, 0.2) is 0 Å². The van der Waals surface area contributed by atoms with E-state index in [0.29, 0.717) is 16.7 Å². The summed E-state index contributed by atoms with van der Waals surface area (Å²) in [6, 6.07) is 0. The van der Waals surface area contributed by atoms with Crippen molar-refractivity contribution in [2.45, 2.75) is 37.6 Å². The van der Waals surface area contributed by atoms with Gasteiger partial charge in [-0.3, -0.25) is 4.55 Å². The van der Waals surface area contributed by atoms with E-state index >= 15 is 0 Å². The fourth-order valence-electron chi connectivity index (χ4n) is 1.93. The molecule has 1 aliphatic rings. The van der Waals surface area contributed by atoms with Gasteiger partial charge in [0.05, 0.1) is 7.11 Å². The molecule has 0 amide bonds. The molecular formula is C8H14ClNO4S. The van der Waals surface area contributed by atoms with E-state index in [9.17, 15) is 9.00 Å². The number of methoxy groups -OCH3 is 1. The van der Waals surface area contributed by atoms with E-state index in [1.165, 1.54) is 7.11 Å². The highest BCUT2D eigenvalue weighted by atomic mass is 35.5. The molecule has 0 bridgehead atoms. The molecule has 0 spiro atoms. The van der Waals surface area contributed by atoms with Crippen molar-refractivity contribution in [3.05, 3.63) is 0 Å². The Kier molecular flexibility index (Phi) is 4.51. The molecule has 0 aromatic rings. The Balaban J connectivity index is 2.94. The molecular weight excluding hydrogens is 242 g/mol. The van der Waals surface area contributed by atoms with Crippen LogP contribution in [-0.4, -0.2) is 31.2 Å². The number of carbonyl (C=O) groups is 1. The standard InChI is InChI=1S/C8H14ClNO4S/c1-14-7(11)8(10(9)15(12)13)5-3-2-4-6-8/h2-6H2,1H3,(H,12,13). The highest BCUT2D eigenvalue weighted by molar-refractivity contribution is 7.77. The van der Waals surface area contributed by atoms with Crippen LogP contribution in [0.4, 0.5) is 0 Å².